The average molecular weight is 373 g/mol. The predicted octanol–water partition coefficient (Wildman–Crippen LogP) is 4.00. The smallest absolute Gasteiger partial charge is 0.288 e. The second-order valence-electron chi connectivity index (χ2n) is 5.23. The number of carbonyl (C=O) groups excluding carboxylic acids is 1. The zero-order valence-corrected chi connectivity index (χ0v) is 14.1. The standard InChI is InChI=1S/C18H13F2N3O2S/c19-18(20)26-14-3-1-2-12(8-14)16(24)23-15-9-13(10-22-17(15)25)11-4-6-21-7-5-11/h1-10,18H,(H,22,25)(H,23,24). The van der Waals surface area contributed by atoms with E-state index in [0.29, 0.717) is 17.3 Å². The number of pyridine rings is 2. The number of rotatable bonds is 5. The molecule has 26 heavy (non-hydrogen) atoms. The van der Waals surface area contributed by atoms with Crippen LogP contribution in [0.4, 0.5) is 14.5 Å². The molecular formula is C18H13F2N3O2S. The summed E-state index contributed by atoms with van der Waals surface area (Å²) in [7, 11) is 0. The molecule has 0 aliphatic carbocycles. The van der Waals surface area contributed by atoms with Gasteiger partial charge in [-0.3, -0.25) is 14.6 Å². The van der Waals surface area contributed by atoms with Crippen LogP contribution in [0.5, 0.6) is 0 Å². The van der Waals surface area contributed by atoms with Gasteiger partial charge in [-0.2, -0.15) is 8.78 Å². The molecule has 0 aliphatic heterocycles. The lowest BCUT2D eigenvalue weighted by atomic mass is 10.1. The average Bonchev–Trinajstić information content (AvgIpc) is 2.64. The van der Waals surface area contributed by atoms with Gasteiger partial charge in [-0.1, -0.05) is 17.8 Å². The van der Waals surface area contributed by atoms with Crippen molar-refractivity contribution in [2.45, 2.75) is 10.7 Å². The fraction of sp³-hybridized carbons (Fsp3) is 0.0556. The Morgan fingerprint density at radius 2 is 1.88 bits per heavy atom. The van der Waals surface area contributed by atoms with Crippen LogP contribution in [0.2, 0.25) is 0 Å². The summed E-state index contributed by atoms with van der Waals surface area (Å²) in [6.45, 7) is 0. The second-order valence-corrected chi connectivity index (χ2v) is 6.29. The largest absolute Gasteiger partial charge is 0.327 e. The van der Waals surface area contributed by atoms with Crippen molar-refractivity contribution < 1.29 is 13.6 Å². The van der Waals surface area contributed by atoms with E-state index in [1.165, 1.54) is 30.5 Å². The maximum atomic E-state index is 12.5. The van der Waals surface area contributed by atoms with E-state index in [2.05, 4.69) is 15.3 Å². The number of halogens is 2. The van der Waals surface area contributed by atoms with Crippen LogP contribution in [0.25, 0.3) is 11.1 Å². The van der Waals surface area contributed by atoms with Crippen molar-refractivity contribution in [2.24, 2.45) is 0 Å². The summed E-state index contributed by atoms with van der Waals surface area (Å²) in [5, 5.41) is 2.52. The van der Waals surface area contributed by atoms with Crippen LogP contribution in [-0.4, -0.2) is 21.6 Å². The monoisotopic (exact) mass is 373 g/mol. The molecule has 8 heteroatoms. The van der Waals surface area contributed by atoms with Gasteiger partial charge in [0, 0.05) is 34.6 Å². The summed E-state index contributed by atoms with van der Waals surface area (Å²) in [4.78, 5) is 31.1. The van der Waals surface area contributed by atoms with Gasteiger partial charge in [0.05, 0.1) is 0 Å². The maximum Gasteiger partial charge on any atom is 0.288 e. The summed E-state index contributed by atoms with van der Waals surface area (Å²) >= 11 is 0.352. The van der Waals surface area contributed by atoms with Crippen molar-refractivity contribution in [3.63, 3.8) is 0 Å². The molecule has 0 bridgehead atoms. The van der Waals surface area contributed by atoms with Gasteiger partial charge in [-0.15, -0.1) is 0 Å². The molecule has 3 rings (SSSR count). The fourth-order valence-electron chi connectivity index (χ4n) is 2.30. The zero-order valence-electron chi connectivity index (χ0n) is 13.3. The third kappa shape index (κ3) is 4.34. The Kier molecular flexibility index (Phi) is 5.43. The molecule has 1 amide bonds. The molecule has 0 saturated heterocycles. The number of alkyl halides is 2. The highest BCUT2D eigenvalue weighted by Crippen LogP contribution is 2.26. The highest BCUT2D eigenvalue weighted by atomic mass is 32.2. The first kappa shape index (κ1) is 17.8. The molecule has 0 unspecified atom stereocenters. The lowest BCUT2D eigenvalue weighted by Crippen LogP contribution is -2.19. The van der Waals surface area contributed by atoms with Crippen LogP contribution in [0.15, 0.2) is 70.7 Å². The summed E-state index contributed by atoms with van der Waals surface area (Å²) in [6, 6.07) is 10.9. The van der Waals surface area contributed by atoms with Gasteiger partial charge in [0.1, 0.15) is 5.69 Å². The molecule has 2 N–H and O–H groups in total. The molecule has 132 valence electrons. The van der Waals surface area contributed by atoms with E-state index in [-0.39, 0.29) is 16.1 Å². The highest BCUT2D eigenvalue weighted by molar-refractivity contribution is 7.99. The van der Waals surface area contributed by atoms with Crippen molar-refractivity contribution in [3.05, 3.63) is 77.0 Å². The number of hydrogen-bond acceptors (Lipinski definition) is 4. The van der Waals surface area contributed by atoms with Gasteiger partial charge >= 0.3 is 0 Å². The van der Waals surface area contributed by atoms with E-state index in [4.69, 9.17) is 0 Å². The minimum absolute atomic E-state index is 0.0660. The van der Waals surface area contributed by atoms with Crippen molar-refractivity contribution in [1.82, 2.24) is 9.97 Å². The first-order valence-electron chi connectivity index (χ1n) is 7.52. The van der Waals surface area contributed by atoms with Crippen molar-refractivity contribution in [2.75, 3.05) is 5.32 Å². The van der Waals surface area contributed by atoms with Crippen LogP contribution in [0.1, 0.15) is 10.4 Å². The number of thioether (sulfide) groups is 1. The number of nitrogens with zero attached hydrogens (tertiary/aromatic N) is 1. The Morgan fingerprint density at radius 1 is 1.12 bits per heavy atom. The van der Waals surface area contributed by atoms with E-state index in [9.17, 15) is 18.4 Å². The minimum atomic E-state index is -2.58. The molecule has 0 fully saturated rings. The number of amides is 1. The van der Waals surface area contributed by atoms with Crippen LogP contribution in [-0.2, 0) is 0 Å². The van der Waals surface area contributed by atoms with Crippen molar-refractivity contribution in [1.29, 1.82) is 0 Å². The molecule has 2 aromatic heterocycles. The molecular weight excluding hydrogens is 360 g/mol. The number of hydrogen-bond donors (Lipinski definition) is 2. The second kappa shape index (κ2) is 7.92. The highest BCUT2D eigenvalue weighted by Gasteiger charge is 2.12. The van der Waals surface area contributed by atoms with E-state index < -0.39 is 17.2 Å². The number of carbonyl (C=O) groups is 1. The Morgan fingerprint density at radius 3 is 2.62 bits per heavy atom. The lowest BCUT2D eigenvalue weighted by Gasteiger charge is -2.08. The molecule has 0 spiro atoms. The first-order valence-corrected chi connectivity index (χ1v) is 8.40. The number of anilines is 1. The number of nitrogens with one attached hydrogen (secondary N) is 2. The van der Waals surface area contributed by atoms with Crippen LogP contribution >= 0.6 is 11.8 Å². The molecule has 2 heterocycles. The first-order chi connectivity index (χ1) is 12.5. The van der Waals surface area contributed by atoms with E-state index in [0.717, 1.165) is 5.56 Å². The SMILES string of the molecule is O=C(Nc1cc(-c2ccncc2)c[nH]c1=O)c1cccc(SC(F)F)c1. The van der Waals surface area contributed by atoms with Gasteiger partial charge in [0.15, 0.2) is 0 Å². The van der Waals surface area contributed by atoms with Gasteiger partial charge in [-0.25, -0.2) is 0 Å². The summed E-state index contributed by atoms with van der Waals surface area (Å²) < 4.78 is 24.9. The van der Waals surface area contributed by atoms with E-state index in [1.807, 2.05) is 0 Å². The Labute approximate surface area is 151 Å². The Balaban J connectivity index is 1.85. The van der Waals surface area contributed by atoms with Gasteiger partial charge < -0.3 is 10.3 Å². The molecule has 0 atom stereocenters. The molecule has 3 aromatic rings. The van der Waals surface area contributed by atoms with E-state index in [1.54, 1.807) is 30.6 Å². The maximum absolute atomic E-state index is 12.5. The predicted molar refractivity (Wildman–Crippen MR) is 96.5 cm³/mol. The lowest BCUT2D eigenvalue weighted by molar-refractivity contribution is 0.102. The third-order valence-corrected chi connectivity index (χ3v) is 4.19. The van der Waals surface area contributed by atoms with Crippen molar-refractivity contribution in [3.8, 4) is 11.1 Å². The third-order valence-electron chi connectivity index (χ3n) is 3.49. The van der Waals surface area contributed by atoms with Crippen molar-refractivity contribution >= 4 is 23.4 Å². The van der Waals surface area contributed by atoms with Gasteiger partial charge in [0.25, 0.3) is 17.2 Å². The van der Waals surface area contributed by atoms with E-state index >= 15 is 0 Å². The van der Waals surface area contributed by atoms with Crippen LogP contribution in [0.3, 0.4) is 0 Å². The summed E-state index contributed by atoms with van der Waals surface area (Å²) in [5.41, 5.74) is 1.31. The van der Waals surface area contributed by atoms with Gasteiger partial charge in [0.2, 0.25) is 0 Å². The number of benzene rings is 1. The fourth-order valence-corrected chi connectivity index (χ4v) is 2.85. The molecule has 1 aromatic carbocycles. The number of aromatic nitrogens is 2. The molecule has 0 radical (unpaired) electrons. The quantitative estimate of drug-likeness (QED) is 0.663. The summed E-state index contributed by atoms with van der Waals surface area (Å²) in [6.07, 6.45) is 4.77. The van der Waals surface area contributed by atoms with Crippen LogP contribution < -0.4 is 10.9 Å². The topological polar surface area (TPSA) is 74.8 Å². The number of aromatic amines is 1. The number of H-pyrrole nitrogens is 1. The summed E-state index contributed by atoms with van der Waals surface area (Å²) in [5.74, 6) is -3.13. The Bertz CT molecular complexity index is 977. The van der Waals surface area contributed by atoms with Crippen LogP contribution in [0, 0.1) is 0 Å². The Hall–Kier alpha value is -3.00. The molecule has 0 saturated carbocycles. The molecule has 0 aliphatic rings. The van der Waals surface area contributed by atoms with Gasteiger partial charge in [-0.05, 0) is 42.0 Å². The normalized spacial score (nSPS) is 10.7. The minimum Gasteiger partial charge on any atom is -0.327 e. The zero-order chi connectivity index (χ0) is 18.5. The molecule has 5 nitrogen and oxygen atoms in total.